The second kappa shape index (κ2) is 19.8. The summed E-state index contributed by atoms with van der Waals surface area (Å²) in [5.41, 5.74) is 0.0115. The van der Waals surface area contributed by atoms with Crippen molar-refractivity contribution in [1.82, 2.24) is 10.6 Å². The van der Waals surface area contributed by atoms with Gasteiger partial charge in [-0.1, -0.05) is 32.8 Å². The van der Waals surface area contributed by atoms with Crippen LogP contribution < -0.4 is 10.6 Å². The fourth-order valence-corrected chi connectivity index (χ4v) is 7.58. The van der Waals surface area contributed by atoms with Gasteiger partial charge >= 0.3 is 5.69 Å². The molecule has 7 atom stereocenters. The van der Waals surface area contributed by atoms with E-state index in [4.69, 9.17) is 37.9 Å². The van der Waals surface area contributed by atoms with Crippen LogP contribution >= 0.6 is 0 Å². The highest BCUT2D eigenvalue weighted by molar-refractivity contribution is 6.72. The maximum atomic E-state index is 12.3. The number of nitro benzene ring substituents is 1. The Kier molecular flexibility index (Phi) is 16.2. The van der Waals surface area contributed by atoms with Gasteiger partial charge in [0.15, 0.2) is 31.9 Å². The first-order valence-electron chi connectivity index (χ1n) is 19.5. The van der Waals surface area contributed by atoms with Crippen molar-refractivity contribution in [2.75, 3.05) is 33.2 Å². The van der Waals surface area contributed by atoms with Crippen LogP contribution in [0.25, 0.3) is 0 Å². The number of phenolic OH excluding ortho intramolecular Hbond substituents is 1. The number of hydrogen-bond donors (Lipinski definition) is 4. The van der Waals surface area contributed by atoms with Gasteiger partial charge < -0.3 is 58.4 Å². The second-order valence-corrected chi connectivity index (χ2v) is 21.3. The Labute approximate surface area is 330 Å². The Hall–Kier alpha value is -2.78. The highest BCUT2D eigenvalue weighted by atomic mass is 28.4. The third kappa shape index (κ3) is 13.1. The molecule has 0 bridgehead atoms. The highest BCUT2D eigenvalue weighted by Crippen LogP contribution is 2.45. The normalized spacial score (nSPS) is 26.4. The topological polar surface area (TPSA) is 216 Å². The number of amides is 2. The van der Waals surface area contributed by atoms with E-state index in [1.54, 1.807) is 0 Å². The molecule has 56 heavy (non-hydrogen) atoms. The van der Waals surface area contributed by atoms with E-state index < -0.39 is 79.1 Å². The molecule has 318 valence electrons. The van der Waals surface area contributed by atoms with Crippen molar-refractivity contribution in [1.29, 1.82) is 0 Å². The lowest BCUT2D eigenvalue weighted by Crippen LogP contribution is -2.59. The SMILES string of the molecule is CC1(C)OCC(C(COC2OC(CCC(C)(C)[Si](C)(C)O)C3OC(C)(C)OC3C2OCOCCCCCCNC(=O)Cc2ccc(O)c([N+](=O)[O-])c2)NC=O)O1. The van der Waals surface area contributed by atoms with Gasteiger partial charge in [-0.3, -0.25) is 19.7 Å². The van der Waals surface area contributed by atoms with Crippen LogP contribution in [0.1, 0.15) is 85.6 Å². The predicted molar refractivity (Wildman–Crippen MR) is 205 cm³/mol. The van der Waals surface area contributed by atoms with Crippen LogP contribution in [0, 0.1) is 10.1 Å². The van der Waals surface area contributed by atoms with Crippen molar-refractivity contribution in [3.05, 3.63) is 33.9 Å². The smallest absolute Gasteiger partial charge is 0.310 e. The molecule has 0 aliphatic carbocycles. The first-order valence-corrected chi connectivity index (χ1v) is 22.5. The molecule has 0 aromatic heterocycles. The van der Waals surface area contributed by atoms with Crippen LogP contribution in [-0.2, 0) is 53.9 Å². The Bertz CT molecular complexity index is 1460. The maximum Gasteiger partial charge on any atom is 0.310 e. The fourth-order valence-electron chi connectivity index (χ4n) is 6.82. The lowest BCUT2D eigenvalue weighted by Gasteiger charge is -2.43. The van der Waals surface area contributed by atoms with E-state index in [0.717, 1.165) is 25.7 Å². The number of ether oxygens (including phenoxy) is 8. The summed E-state index contributed by atoms with van der Waals surface area (Å²) in [7, 11) is -2.50. The molecule has 1 aromatic carbocycles. The third-order valence-electron chi connectivity index (χ3n) is 10.8. The Morgan fingerprint density at radius 1 is 1.09 bits per heavy atom. The fraction of sp³-hybridized carbons (Fsp3) is 0.789. The largest absolute Gasteiger partial charge is 0.502 e. The molecule has 7 unspecified atom stereocenters. The lowest BCUT2D eigenvalue weighted by atomic mass is 9.93. The zero-order valence-electron chi connectivity index (χ0n) is 34.1. The van der Waals surface area contributed by atoms with Crippen molar-refractivity contribution >= 4 is 26.3 Å². The van der Waals surface area contributed by atoms with Gasteiger partial charge in [-0.05, 0) is 83.1 Å². The average molecular weight is 814 g/mol. The number of rotatable bonds is 23. The van der Waals surface area contributed by atoms with Gasteiger partial charge in [0.1, 0.15) is 31.2 Å². The highest BCUT2D eigenvalue weighted by Gasteiger charge is 2.57. The van der Waals surface area contributed by atoms with Gasteiger partial charge in [0, 0.05) is 19.2 Å². The summed E-state index contributed by atoms with van der Waals surface area (Å²) < 4.78 is 49.7. The Balaban J connectivity index is 1.28. The molecule has 2 amide bonds. The lowest BCUT2D eigenvalue weighted by molar-refractivity contribution is -0.385. The number of aromatic hydroxyl groups is 1. The molecule has 3 aliphatic rings. The van der Waals surface area contributed by atoms with E-state index in [9.17, 15) is 29.6 Å². The number of carbonyl (C=O) groups is 2. The first-order chi connectivity index (χ1) is 26.2. The summed E-state index contributed by atoms with van der Waals surface area (Å²) in [5, 5.41) is 26.0. The number of unbranched alkanes of at least 4 members (excludes halogenated alkanes) is 3. The van der Waals surface area contributed by atoms with Gasteiger partial charge in [-0.2, -0.15) is 0 Å². The second-order valence-electron chi connectivity index (χ2n) is 16.9. The molecule has 3 fully saturated rings. The number of nitro groups is 1. The van der Waals surface area contributed by atoms with Crippen LogP contribution in [0.5, 0.6) is 5.75 Å². The van der Waals surface area contributed by atoms with Crippen molar-refractivity contribution < 1.29 is 62.3 Å². The number of fused-ring (bicyclic) bond motifs is 1. The summed E-state index contributed by atoms with van der Waals surface area (Å²) in [6.07, 6.45) is 1.54. The van der Waals surface area contributed by atoms with Gasteiger partial charge in [-0.25, -0.2) is 0 Å². The molecule has 0 radical (unpaired) electrons. The van der Waals surface area contributed by atoms with E-state index in [1.807, 2.05) is 40.8 Å². The van der Waals surface area contributed by atoms with Gasteiger partial charge in [0.25, 0.3) is 0 Å². The number of hydrogen-bond acceptors (Lipinski definition) is 14. The summed E-state index contributed by atoms with van der Waals surface area (Å²) in [6, 6.07) is 3.37. The summed E-state index contributed by atoms with van der Waals surface area (Å²) in [4.78, 5) is 45.2. The van der Waals surface area contributed by atoms with Crippen LogP contribution in [0.3, 0.4) is 0 Å². The first kappa shape index (κ1) is 45.9. The minimum atomic E-state index is -2.50. The van der Waals surface area contributed by atoms with Crippen molar-refractivity contribution in [3.8, 4) is 5.75 Å². The Morgan fingerprint density at radius 3 is 2.46 bits per heavy atom. The number of nitrogens with one attached hydrogen (secondary N) is 2. The molecule has 4 N–H and O–H groups in total. The molecule has 17 nitrogen and oxygen atoms in total. The summed E-state index contributed by atoms with van der Waals surface area (Å²) in [6.45, 7) is 16.5. The zero-order chi connectivity index (χ0) is 41.3. The monoisotopic (exact) mass is 813 g/mol. The quantitative estimate of drug-likeness (QED) is 0.0305. The van der Waals surface area contributed by atoms with E-state index in [-0.39, 0.29) is 37.4 Å². The van der Waals surface area contributed by atoms with Crippen molar-refractivity contribution in [3.63, 3.8) is 0 Å². The van der Waals surface area contributed by atoms with E-state index >= 15 is 0 Å². The van der Waals surface area contributed by atoms with E-state index in [1.165, 1.54) is 18.2 Å². The molecular formula is C38H63N3O14Si. The van der Waals surface area contributed by atoms with Crippen molar-refractivity contribution in [2.24, 2.45) is 0 Å². The molecule has 3 saturated heterocycles. The van der Waals surface area contributed by atoms with Gasteiger partial charge in [0.2, 0.25) is 12.3 Å². The molecule has 0 spiro atoms. The molecule has 1 aromatic rings. The summed E-state index contributed by atoms with van der Waals surface area (Å²) >= 11 is 0. The maximum absolute atomic E-state index is 12.3. The predicted octanol–water partition coefficient (Wildman–Crippen LogP) is 4.16. The minimum absolute atomic E-state index is 0.0239. The van der Waals surface area contributed by atoms with Gasteiger partial charge in [0.05, 0.1) is 36.7 Å². The number of nitrogens with zero attached hydrogens (tertiary/aromatic N) is 1. The molecule has 4 rings (SSSR count). The number of benzene rings is 1. The molecule has 3 aliphatic heterocycles. The third-order valence-corrected chi connectivity index (χ3v) is 14.4. The van der Waals surface area contributed by atoms with E-state index in [2.05, 4.69) is 24.5 Å². The summed E-state index contributed by atoms with van der Waals surface area (Å²) in [5.74, 6) is -2.41. The van der Waals surface area contributed by atoms with Crippen LogP contribution in [0.15, 0.2) is 18.2 Å². The van der Waals surface area contributed by atoms with Crippen LogP contribution in [0.2, 0.25) is 18.1 Å². The van der Waals surface area contributed by atoms with Crippen molar-refractivity contribution in [2.45, 2.75) is 159 Å². The minimum Gasteiger partial charge on any atom is -0.502 e. The van der Waals surface area contributed by atoms with E-state index in [0.29, 0.717) is 38.0 Å². The molecule has 3 heterocycles. The Morgan fingerprint density at radius 2 is 1.80 bits per heavy atom. The van der Waals surface area contributed by atoms with Gasteiger partial charge in [-0.15, -0.1) is 0 Å². The molecule has 0 saturated carbocycles. The number of phenols is 1. The standard InChI is InChI=1S/C38H63N3O14Si/c1-36(2,56(7,8)47)16-15-29-32-33(55-38(5,6)54-32)34(35(52-29)49-21-26(40-23-42)30-22-51-37(3,4)53-30)50-24-48-18-12-10-9-11-17-39-31(44)20-25-13-14-28(43)27(19-25)41(45)46/h13-14,19,23,26,29-30,32-35,43,47H,9-12,15-18,20-22,24H2,1-8H3,(H,39,44)(H,40,42). The molecular weight excluding hydrogens is 751 g/mol. The van der Waals surface area contributed by atoms with Crippen LogP contribution in [0.4, 0.5) is 5.69 Å². The zero-order valence-corrected chi connectivity index (χ0v) is 35.1. The van der Waals surface area contributed by atoms with Crippen LogP contribution in [-0.4, -0.2) is 123 Å². The average Bonchev–Trinajstić information content (AvgIpc) is 3.64. The number of carbonyl (C=O) groups excluding carboxylic acids is 2. The molecule has 18 heteroatoms.